The van der Waals surface area contributed by atoms with Crippen molar-refractivity contribution in [2.24, 2.45) is 0 Å². The van der Waals surface area contributed by atoms with E-state index in [0.717, 1.165) is 36.0 Å². The van der Waals surface area contributed by atoms with Crippen molar-refractivity contribution in [3.8, 4) is 5.69 Å². The SMILES string of the molecule is CCCNCc1c(C)nn(-c2ccc(F)cc2F)c1C. The normalized spacial score (nSPS) is 11.1. The molecule has 0 saturated heterocycles. The molecule has 0 unspecified atom stereocenters. The number of aryl methyl sites for hydroxylation is 1. The Hall–Kier alpha value is -1.75. The molecule has 0 aliphatic rings. The molecule has 108 valence electrons. The summed E-state index contributed by atoms with van der Waals surface area (Å²) in [6.45, 7) is 7.52. The Morgan fingerprint density at radius 3 is 2.65 bits per heavy atom. The van der Waals surface area contributed by atoms with Gasteiger partial charge >= 0.3 is 0 Å². The Morgan fingerprint density at radius 2 is 2.00 bits per heavy atom. The summed E-state index contributed by atoms with van der Waals surface area (Å²) >= 11 is 0. The van der Waals surface area contributed by atoms with Crippen LogP contribution in [-0.2, 0) is 6.54 Å². The molecule has 3 nitrogen and oxygen atoms in total. The van der Waals surface area contributed by atoms with Crippen LogP contribution in [0, 0.1) is 25.5 Å². The maximum absolute atomic E-state index is 13.8. The van der Waals surface area contributed by atoms with Gasteiger partial charge in [0, 0.05) is 23.9 Å². The predicted octanol–water partition coefficient (Wildman–Crippen LogP) is 3.27. The number of rotatable bonds is 5. The maximum atomic E-state index is 13.8. The summed E-state index contributed by atoms with van der Waals surface area (Å²) in [5.74, 6) is -1.19. The number of halogens is 2. The molecule has 2 rings (SSSR count). The molecule has 0 radical (unpaired) electrons. The van der Waals surface area contributed by atoms with Gasteiger partial charge in [-0.2, -0.15) is 5.10 Å². The molecule has 0 saturated carbocycles. The highest BCUT2D eigenvalue weighted by atomic mass is 19.1. The molecule has 1 heterocycles. The van der Waals surface area contributed by atoms with Crippen LogP contribution in [0.15, 0.2) is 18.2 Å². The topological polar surface area (TPSA) is 29.9 Å². The van der Waals surface area contributed by atoms with Crippen LogP contribution in [0.5, 0.6) is 0 Å². The maximum Gasteiger partial charge on any atom is 0.151 e. The summed E-state index contributed by atoms with van der Waals surface area (Å²) in [6.07, 6.45) is 1.05. The molecule has 1 aromatic heterocycles. The Balaban J connectivity index is 2.35. The van der Waals surface area contributed by atoms with Crippen molar-refractivity contribution >= 4 is 0 Å². The van der Waals surface area contributed by atoms with E-state index in [1.165, 1.54) is 16.8 Å². The van der Waals surface area contributed by atoms with E-state index in [1.54, 1.807) is 0 Å². The molecule has 0 bridgehead atoms. The zero-order chi connectivity index (χ0) is 14.7. The van der Waals surface area contributed by atoms with Crippen LogP contribution in [-0.4, -0.2) is 16.3 Å². The Labute approximate surface area is 117 Å². The third-order valence-corrected chi connectivity index (χ3v) is 3.31. The smallest absolute Gasteiger partial charge is 0.151 e. The van der Waals surface area contributed by atoms with Gasteiger partial charge in [0.15, 0.2) is 5.82 Å². The molecule has 0 fully saturated rings. The van der Waals surface area contributed by atoms with E-state index in [-0.39, 0.29) is 5.69 Å². The number of hydrogen-bond acceptors (Lipinski definition) is 2. The fraction of sp³-hybridized carbons (Fsp3) is 0.400. The second-order valence-corrected chi connectivity index (χ2v) is 4.83. The zero-order valence-corrected chi connectivity index (χ0v) is 12.0. The average molecular weight is 279 g/mol. The van der Waals surface area contributed by atoms with E-state index in [1.807, 2.05) is 13.8 Å². The standard InChI is InChI=1S/C15H19F2N3/c1-4-7-18-9-13-10(2)19-20(11(13)3)15-6-5-12(16)8-14(15)17/h5-6,8,18H,4,7,9H2,1-3H3. The number of nitrogens with zero attached hydrogens (tertiary/aromatic N) is 2. The quantitative estimate of drug-likeness (QED) is 0.851. The second kappa shape index (κ2) is 6.13. The fourth-order valence-corrected chi connectivity index (χ4v) is 2.21. The monoisotopic (exact) mass is 279 g/mol. The van der Waals surface area contributed by atoms with Crippen LogP contribution in [0.2, 0.25) is 0 Å². The van der Waals surface area contributed by atoms with Gasteiger partial charge < -0.3 is 5.32 Å². The fourth-order valence-electron chi connectivity index (χ4n) is 2.21. The van der Waals surface area contributed by atoms with Gasteiger partial charge in [0.05, 0.1) is 5.69 Å². The van der Waals surface area contributed by atoms with Crippen molar-refractivity contribution in [3.05, 3.63) is 46.8 Å². The zero-order valence-electron chi connectivity index (χ0n) is 12.0. The van der Waals surface area contributed by atoms with E-state index in [4.69, 9.17) is 0 Å². The summed E-state index contributed by atoms with van der Waals surface area (Å²) < 4.78 is 28.4. The minimum Gasteiger partial charge on any atom is -0.313 e. The second-order valence-electron chi connectivity index (χ2n) is 4.83. The molecule has 0 atom stereocenters. The van der Waals surface area contributed by atoms with Gasteiger partial charge in [-0.1, -0.05) is 6.92 Å². The van der Waals surface area contributed by atoms with Crippen LogP contribution in [0.25, 0.3) is 5.69 Å². The van der Waals surface area contributed by atoms with E-state index in [2.05, 4.69) is 17.3 Å². The van der Waals surface area contributed by atoms with Crippen LogP contribution in [0.1, 0.15) is 30.3 Å². The van der Waals surface area contributed by atoms with Gasteiger partial charge in [0.25, 0.3) is 0 Å². The lowest BCUT2D eigenvalue weighted by atomic mass is 10.2. The number of nitrogens with one attached hydrogen (secondary N) is 1. The van der Waals surface area contributed by atoms with Gasteiger partial charge in [-0.15, -0.1) is 0 Å². The highest BCUT2D eigenvalue weighted by molar-refractivity contribution is 5.38. The number of aromatic nitrogens is 2. The molecule has 1 aromatic carbocycles. The van der Waals surface area contributed by atoms with Crippen molar-refractivity contribution in [2.75, 3.05) is 6.54 Å². The predicted molar refractivity (Wildman–Crippen MR) is 75.0 cm³/mol. The molecule has 5 heteroatoms. The summed E-state index contributed by atoms with van der Waals surface area (Å²) in [5, 5.41) is 7.68. The number of hydrogen-bond donors (Lipinski definition) is 1. The third-order valence-electron chi connectivity index (χ3n) is 3.31. The van der Waals surface area contributed by atoms with Gasteiger partial charge in [0.1, 0.15) is 11.5 Å². The summed E-state index contributed by atoms with van der Waals surface area (Å²) in [7, 11) is 0. The minimum absolute atomic E-state index is 0.272. The van der Waals surface area contributed by atoms with Crippen LogP contribution >= 0.6 is 0 Å². The largest absolute Gasteiger partial charge is 0.313 e. The van der Waals surface area contributed by atoms with Gasteiger partial charge in [-0.05, 0) is 38.9 Å². The molecule has 0 aliphatic carbocycles. The minimum atomic E-state index is -0.608. The van der Waals surface area contributed by atoms with E-state index in [0.29, 0.717) is 6.54 Å². The Kier molecular flexibility index (Phi) is 4.49. The van der Waals surface area contributed by atoms with E-state index < -0.39 is 11.6 Å². The first-order valence-electron chi connectivity index (χ1n) is 6.75. The van der Waals surface area contributed by atoms with Gasteiger partial charge in [-0.25, -0.2) is 13.5 Å². The molecule has 20 heavy (non-hydrogen) atoms. The lowest BCUT2D eigenvalue weighted by Crippen LogP contribution is -2.15. The van der Waals surface area contributed by atoms with Crippen molar-refractivity contribution in [2.45, 2.75) is 33.7 Å². The highest BCUT2D eigenvalue weighted by Gasteiger charge is 2.15. The first kappa shape index (κ1) is 14.7. The molecular formula is C15H19F2N3. The van der Waals surface area contributed by atoms with Crippen LogP contribution in [0.4, 0.5) is 8.78 Å². The lowest BCUT2D eigenvalue weighted by molar-refractivity contribution is 0.572. The summed E-state index contributed by atoms with van der Waals surface area (Å²) in [4.78, 5) is 0. The van der Waals surface area contributed by atoms with Gasteiger partial charge in [-0.3, -0.25) is 0 Å². The third kappa shape index (κ3) is 2.88. The highest BCUT2D eigenvalue weighted by Crippen LogP contribution is 2.20. The molecular weight excluding hydrogens is 260 g/mol. The van der Waals surface area contributed by atoms with Crippen LogP contribution < -0.4 is 5.32 Å². The van der Waals surface area contributed by atoms with E-state index >= 15 is 0 Å². The number of benzene rings is 1. The van der Waals surface area contributed by atoms with Crippen molar-refractivity contribution < 1.29 is 8.78 Å². The van der Waals surface area contributed by atoms with Crippen molar-refractivity contribution in [1.82, 2.24) is 15.1 Å². The molecule has 0 amide bonds. The lowest BCUT2D eigenvalue weighted by Gasteiger charge is -2.07. The van der Waals surface area contributed by atoms with Gasteiger partial charge in [0.2, 0.25) is 0 Å². The summed E-state index contributed by atoms with van der Waals surface area (Å²) in [6, 6.07) is 3.53. The van der Waals surface area contributed by atoms with Crippen molar-refractivity contribution in [1.29, 1.82) is 0 Å². The average Bonchev–Trinajstić information content (AvgIpc) is 2.67. The van der Waals surface area contributed by atoms with E-state index in [9.17, 15) is 8.78 Å². The van der Waals surface area contributed by atoms with Crippen LogP contribution in [0.3, 0.4) is 0 Å². The first-order valence-corrected chi connectivity index (χ1v) is 6.75. The molecule has 1 N–H and O–H groups in total. The first-order chi connectivity index (χ1) is 9.54. The molecule has 2 aromatic rings. The molecule has 0 aliphatic heterocycles. The van der Waals surface area contributed by atoms with Crippen molar-refractivity contribution in [3.63, 3.8) is 0 Å². The Morgan fingerprint density at radius 1 is 1.25 bits per heavy atom. The Bertz CT molecular complexity index is 605. The molecule has 0 spiro atoms. The summed E-state index contributed by atoms with van der Waals surface area (Å²) in [5.41, 5.74) is 3.06.